The SMILES string of the molecule is CCNC(=O)Nc1ccc(N(C)C)c(CN(C(=O)NC(C)(C)C)[C@H](C)C(C)C)c1. The first kappa shape index (κ1) is 24.6. The summed E-state index contributed by atoms with van der Waals surface area (Å²) in [6, 6.07) is 5.50. The quantitative estimate of drug-likeness (QED) is 0.635. The molecule has 164 valence electrons. The fourth-order valence-electron chi connectivity index (χ4n) is 2.90. The zero-order valence-electron chi connectivity index (χ0n) is 19.5. The Balaban J connectivity index is 3.26. The monoisotopic (exact) mass is 405 g/mol. The van der Waals surface area contributed by atoms with Crippen molar-refractivity contribution >= 4 is 23.4 Å². The van der Waals surface area contributed by atoms with Gasteiger partial charge in [-0.05, 0) is 64.3 Å². The smallest absolute Gasteiger partial charge is 0.319 e. The van der Waals surface area contributed by atoms with Gasteiger partial charge in [-0.15, -0.1) is 0 Å². The maximum atomic E-state index is 13.1. The molecule has 0 radical (unpaired) electrons. The predicted molar refractivity (Wildman–Crippen MR) is 122 cm³/mol. The lowest BCUT2D eigenvalue weighted by molar-refractivity contribution is 0.150. The number of carbonyl (C=O) groups is 2. The highest BCUT2D eigenvalue weighted by Gasteiger charge is 2.27. The summed E-state index contributed by atoms with van der Waals surface area (Å²) >= 11 is 0. The first-order chi connectivity index (χ1) is 13.4. The number of carbonyl (C=O) groups excluding carboxylic acids is 2. The van der Waals surface area contributed by atoms with Gasteiger partial charge < -0.3 is 25.8 Å². The van der Waals surface area contributed by atoms with Gasteiger partial charge in [-0.2, -0.15) is 0 Å². The zero-order chi connectivity index (χ0) is 22.4. The Morgan fingerprint density at radius 1 is 1.10 bits per heavy atom. The molecule has 4 amide bonds. The second-order valence-corrected chi connectivity index (χ2v) is 9.02. The maximum absolute atomic E-state index is 13.1. The molecule has 0 heterocycles. The third kappa shape index (κ3) is 7.83. The number of amides is 4. The molecule has 0 aliphatic carbocycles. The molecule has 0 saturated carbocycles. The van der Waals surface area contributed by atoms with Gasteiger partial charge >= 0.3 is 12.1 Å². The first-order valence-corrected chi connectivity index (χ1v) is 10.3. The number of nitrogens with one attached hydrogen (secondary N) is 3. The largest absolute Gasteiger partial charge is 0.377 e. The van der Waals surface area contributed by atoms with Crippen LogP contribution in [0.15, 0.2) is 18.2 Å². The number of hydrogen-bond acceptors (Lipinski definition) is 3. The number of urea groups is 2. The molecule has 3 N–H and O–H groups in total. The van der Waals surface area contributed by atoms with Crippen LogP contribution in [-0.4, -0.2) is 49.2 Å². The maximum Gasteiger partial charge on any atom is 0.319 e. The highest BCUT2D eigenvalue weighted by molar-refractivity contribution is 5.89. The number of benzene rings is 1. The lowest BCUT2D eigenvalue weighted by Gasteiger charge is -2.35. The fraction of sp³-hybridized carbons (Fsp3) is 0.636. The predicted octanol–water partition coefficient (Wildman–Crippen LogP) is 4.25. The van der Waals surface area contributed by atoms with Crippen LogP contribution >= 0.6 is 0 Å². The average Bonchev–Trinajstić information content (AvgIpc) is 2.57. The minimum absolute atomic E-state index is 0.0485. The van der Waals surface area contributed by atoms with E-state index in [0.717, 1.165) is 11.3 Å². The molecule has 7 nitrogen and oxygen atoms in total. The van der Waals surface area contributed by atoms with Gasteiger partial charge in [0.15, 0.2) is 0 Å². The molecule has 1 aromatic rings. The molecule has 29 heavy (non-hydrogen) atoms. The van der Waals surface area contributed by atoms with Crippen molar-refractivity contribution in [3.8, 4) is 0 Å². The standard InChI is InChI=1S/C22H39N5O2/c1-10-23-20(28)24-18-11-12-19(26(8)9)17(13-18)14-27(16(4)15(2)3)21(29)25-22(5,6)7/h11-13,15-16H,10,14H2,1-9H3,(H,25,29)(H2,23,24,28)/t16-/m1/s1. The van der Waals surface area contributed by atoms with Crippen LogP contribution in [0.2, 0.25) is 0 Å². The van der Waals surface area contributed by atoms with E-state index in [4.69, 9.17) is 0 Å². The Morgan fingerprint density at radius 2 is 1.72 bits per heavy atom. The van der Waals surface area contributed by atoms with E-state index in [1.54, 1.807) is 0 Å². The molecule has 1 aromatic carbocycles. The van der Waals surface area contributed by atoms with Crippen molar-refractivity contribution in [2.75, 3.05) is 30.9 Å². The normalized spacial score (nSPS) is 12.3. The molecule has 1 atom stereocenters. The lowest BCUT2D eigenvalue weighted by Crippen LogP contribution is -2.52. The molecule has 0 aromatic heterocycles. The van der Waals surface area contributed by atoms with E-state index in [9.17, 15) is 9.59 Å². The van der Waals surface area contributed by atoms with Gasteiger partial charge in [0.25, 0.3) is 0 Å². The minimum Gasteiger partial charge on any atom is -0.377 e. The molecule has 0 bridgehead atoms. The molecular formula is C22H39N5O2. The van der Waals surface area contributed by atoms with Crippen LogP contribution < -0.4 is 20.9 Å². The van der Waals surface area contributed by atoms with Crippen molar-refractivity contribution in [1.29, 1.82) is 0 Å². The summed E-state index contributed by atoms with van der Waals surface area (Å²) in [4.78, 5) is 28.9. The fourth-order valence-corrected chi connectivity index (χ4v) is 2.90. The van der Waals surface area contributed by atoms with E-state index >= 15 is 0 Å². The Bertz CT molecular complexity index is 695. The van der Waals surface area contributed by atoms with Crippen molar-refractivity contribution in [1.82, 2.24) is 15.5 Å². The van der Waals surface area contributed by atoms with Gasteiger partial charge in [0.1, 0.15) is 0 Å². The van der Waals surface area contributed by atoms with E-state index in [1.807, 2.05) is 69.8 Å². The number of rotatable bonds is 7. The molecule has 0 aliphatic rings. The summed E-state index contributed by atoms with van der Waals surface area (Å²) in [6.07, 6.45) is 0. The summed E-state index contributed by atoms with van der Waals surface area (Å²) in [7, 11) is 3.95. The number of nitrogens with zero attached hydrogens (tertiary/aromatic N) is 2. The molecule has 0 fully saturated rings. The third-order valence-electron chi connectivity index (χ3n) is 4.70. The van der Waals surface area contributed by atoms with Gasteiger partial charge in [-0.25, -0.2) is 9.59 Å². The van der Waals surface area contributed by atoms with Crippen LogP contribution in [0.3, 0.4) is 0 Å². The Hall–Kier alpha value is -2.44. The van der Waals surface area contributed by atoms with Crippen molar-refractivity contribution in [3.05, 3.63) is 23.8 Å². The second-order valence-electron chi connectivity index (χ2n) is 9.02. The van der Waals surface area contributed by atoms with Gasteiger partial charge in [0.05, 0.1) is 0 Å². The Labute approximate surface area is 176 Å². The van der Waals surface area contributed by atoms with Crippen molar-refractivity contribution < 1.29 is 9.59 Å². The van der Waals surface area contributed by atoms with Crippen LogP contribution in [0.5, 0.6) is 0 Å². The van der Waals surface area contributed by atoms with Gasteiger partial charge in [-0.3, -0.25) is 0 Å². The van der Waals surface area contributed by atoms with Crippen molar-refractivity contribution in [2.24, 2.45) is 5.92 Å². The zero-order valence-corrected chi connectivity index (χ0v) is 19.5. The summed E-state index contributed by atoms with van der Waals surface area (Å²) < 4.78 is 0. The highest BCUT2D eigenvalue weighted by Crippen LogP contribution is 2.26. The Kier molecular flexibility index (Phi) is 8.80. The molecule has 0 aliphatic heterocycles. The van der Waals surface area contributed by atoms with Gasteiger partial charge in [0.2, 0.25) is 0 Å². The minimum atomic E-state index is -0.321. The van der Waals surface area contributed by atoms with Crippen LogP contribution in [-0.2, 0) is 6.54 Å². The highest BCUT2D eigenvalue weighted by atomic mass is 16.2. The summed E-state index contributed by atoms with van der Waals surface area (Å²) in [5.74, 6) is 0.306. The average molecular weight is 406 g/mol. The summed E-state index contributed by atoms with van der Waals surface area (Å²) in [6.45, 7) is 15.1. The van der Waals surface area contributed by atoms with Gasteiger partial charge in [0, 0.05) is 50.1 Å². The molecular weight excluding hydrogens is 366 g/mol. The number of hydrogen-bond donors (Lipinski definition) is 3. The molecule has 0 saturated heterocycles. The molecule has 7 heteroatoms. The lowest BCUT2D eigenvalue weighted by atomic mass is 10.0. The van der Waals surface area contributed by atoms with E-state index in [2.05, 4.69) is 36.7 Å². The van der Waals surface area contributed by atoms with E-state index in [0.29, 0.717) is 24.7 Å². The van der Waals surface area contributed by atoms with Crippen molar-refractivity contribution in [2.45, 2.75) is 66.6 Å². The Morgan fingerprint density at radius 3 is 2.21 bits per heavy atom. The topological polar surface area (TPSA) is 76.7 Å². The van der Waals surface area contributed by atoms with Crippen LogP contribution in [0.4, 0.5) is 21.0 Å². The second kappa shape index (κ2) is 10.4. The van der Waals surface area contributed by atoms with Crippen molar-refractivity contribution in [3.63, 3.8) is 0 Å². The summed E-state index contributed by atoms with van der Waals surface area (Å²) in [5.41, 5.74) is 2.36. The molecule has 0 spiro atoms. The van der Waals surface area contributed by atoms with Crippen LogP contribution in [0.1, 0.15) is 54.0 Å². The first-order valence-electron chi connectivity index (χ1n) is 10.3. The third-order valence-corrected chi connectivity index (χ3v) is 4.70. The van der Waals surface area contributed by atoms with E-state index < -0.39 is 0 Å². The van der Waals surface area contributed by atoms with Crippen LogP contribution in [0.25, 0.3) is 0 Å². The van der Waals surface area contributed by atoms with E-state index in [1.165, 1.54) is 0 Å². The molecule has 0 unspecified atom stereocenters. The van der Waals surface area contributed by atoms with Gasteiger partial charge in [-0.1, -0.05) is 13.8 Å². The van der Waals surface area contributed by atoms with E-state index in [-0.39, 0.29) is 23.6 Å². The number of anilines is 2. The summed E-state index contributed by atoms with van der Waals surface area (Å²) in [5, 5.41) is 8.67. The molecule has 1 rings (SSSR count). The van der Waals surface area contributed by atoms with Crippen LogP contribution in [0, 0.1) is 5.92 Å².